The third-order valence-corrected chi connectivity index (χ3v) is 7.23. The second kappa shape index (κ2) is 11.2. The van der Waals surface area contributed by atoms with Gasteiger partial charge in [0.1, 0.15) is 18.2 Å². The smallest absolute Gasteiger partial charge is 0.335 e. The third-order valence-electron chi connectivity index (χ3n) is 7.23. The van der Waals surface area contributed by atoms with Gasteiger partial charge in [-0.25, -0.2) is 9.78 Å². The number of nitrogens with zero attached hydrogens (tertiary/aromatic N) is 2. The lowest BCUT2D eigenvalue weighted by Gasteiger charge is -2.41. The van der Waals surface area contributed by atoms with Crippen LogP contribution in [0.2, 0.25) is 0 Å². The van der Waals surface area contributed by atoms with Crippen LogP contribution in [0.1, 0.15) is 23.6 Å². The molecule has 0 radical (unpaired) electrons. The van der Waals surface area contributed by atoms with Crippen molar-refractivity contribution in [3.63, 3.8) is 0 Å². The monoisotopic (exact) mass is 523 g/mol. The lowest BCUT2D eigenvalue weighted by atomic mass is 9.70. The largest absolute Gasteiger partial charge is 0.492 e. The molecule has 2 atom stereocenters. The number of fused-ring (bicyclic) bond motifs is 1. The number of hydrogen-bond acceptors (Lipinski definition) is 7. The fraction of sp³-hybridized carbons (Fsp3) is 0.250. The summed E-state index contributed by atoms with van der Waals surface area (Å²) in [6.07, 6.45) is 1.97. The second-order valence-electron chi connectivity index (χ2n) is 9.65. The van der Waals surface area contributed by atoms with Crippen molar-refractivity contribution in [2.45, 2.75) is 24.5 Å². The minimum absolute atomic E-state index is 0.198. The highest BCUT2D eigenvalue weighted by molar-refractivity contribution is 5.92. The molecule has 7 heteroatoms. The van der Waals surface area contributed by atoms with Gasteiger partial charge in [0.15, 0.2) is 11.1 Å². The van der Waals surface area contributed by atoms with E-state index in [4.69, 9.17) is 9.47 Å². The van der Waals surface area contributed by atoms with Crippen molar-refractivity contribution in [2.24, 2.45) is 0 Å². The lowest BCUT2D eigenvalue weighted by Crippen LogP contribution is -2.61. The summed E-state index contributed by atoms with van der Waals surface area (Å²) in [7, 11) is 1.98. The topological polar surface area (TPSA) is 83.9 Å². The van der Waals surface area contributed by atoms with E-state index in [-0.39, 0.29) is 13.0 Å². The van der Waals surface area contributed by atoms with Gasteiger partial charge >= 0.3 is 5.97 Å². The molecule has 0 saturated heterocycles. The molecule has 39 heavy (non-hydrogen) atoms. The maximum Gasteiger partial charge on any atom is 0.335 e. The average Bonchev–Trinajstić information content (AvgIpc) is 3.24. The SMILES string of the molecule is CCOC(=O)C1(Cc2ccc(OCCN(C)c3ccccn3)cc2)Nc2ccccc2C1(O)c1ccccc1. The predicted octanol–water partition coefficient (Wildman–Crippen LogP) is 4.80. The normalized spacial score (nSPS) is 19.6. The molecule has 0 fully saturated rings. The van der Waals surface area contributed by atoms with E-state index in [0.29, 0.717) is 30.0 Å². The molecule has 0 bridgehead atoms. The zero-order valence-corrected chi connectivity index (χ0v) is 22.2. The Hall–Kier alpha value is -4.36. The van der Waals surface area contributed by atoms with Crippen molar-refractivity contribution in [1.82, 2.24) is 4.98 Å². The van der Waals surface area contributed by atoms with Crippen molar-refractivity contribution in [1.29, 1.82) is 0 Å². The van der Waals surface area contributed by atoms with Gasteiger partial charge in [0, 0.05) is 30.9 Å². The van der Waals surface area contributed by atoms with Crippen molar-refractivity contribution < 1.29 is 19.4 Å². The van der Waals surface area contributed by atoms with Crippen molar-refractivity contribution in [2.75, 3.05) is 37.0 Å². The van der Waals surface area contributed by atoms with Gasteiger partial charge in [-0.3, -0.25) is 0 Å². The lowest BCUT2D eigenvalue weighted by molar-refractivity contribution is -0.156. The molecule has 5 rings (SSSR count). The summed E-state index contributed by atoms with van der Waals surface area (Å²) < 4.78 is 11.6. The van der Waals surface area contributed by atoms with Gasteiger partial charge in [-0.2, -0.15) is 0 Å². The number of carbonyl (C=O) groups excluding carboxylic acids is 1. The van der Waals surface area contributed by atoms with Crippen LogP contribution in [0.5, 0.6) is 5.75 Å². The van der Waals surface area contributed by atoms with E-state index >= 15 is 0 Å². The number of hydrogen-bond donors (Lipinski definition) is 2. The summed E-state index contributed by atoms with van der Waals surface area (Å²) in [6, 6.07) is 30.2. The first-order valence-corrected chi connectivity index (χ1v) is 13.1. The van der Waals surface area contributed by atoms with Crippen LogP contribution in [0.15, 0.2) is 103 Å². The van der Waals surface area contributed by atoms with Crippen LogP contribution in [0, 0.1) is 0 Å². The van der Waals surface area contributed by atoms with E-state index in [0.717, 1.165) is 17.1 Å². The van der Waals surface area contributed by atoms with E-state index in [9.17, 15) is 9.90 Å². The van der Waals surface area contributed by atoms with Gasteiger partial charge in [-0.05, 0) is 48.4 Å². The zero-order chi connectivity index (χ0) is 27.3. The van der Waals surface area contributed by atoms with Crippen LogP contribution in [-0.2, 0) is 21.6 Å². The Kier molecular flexibility index (Phi) is 7.52. The standard InChI is InChI=1S/C32H33N3O4/c1-3-38-30(36)31(32(37,25-11-5-4-6-12-25)27-13-7-8-14-28(27)34-31)23-24-16-18-26(19-17-24)39-22-21-35(2)29-15-9-10-20-33-29/h4-20,34,37H,3,21-23H2,1-2H3. The first kappa shape index (κ1) is 26.3. The number of nitrogens with one attached hydrogen (secondary N) is 1. The highest BCUT2D eigenvalue weighted by atomic mass is 16.5. The molecule has 1 aromatic heterocycles. The number of benzene rings is 3. The number of aromatic nitrogens is 1. The first-order chi connectivity index (χ1) is 19.0. The predicted molar refractivity (Wildman–Crippen MR) is 152 cm³/mol. The summed E-state index contributed by atoms with van der Waals surface area (Å²) in [4.78, 5) is 20.1. The Morgan fingerprint density at radius 1 is 0.949 bits per heavy atom. The number of ether oxygens (including phenoxy) is 2. The van der Waals surface area contributed by atoms with Crippen molar-refractivity contribution in [3.05, 3.63) is 120 Å². The van der Waals surface area contributed by atoms with Gasteiger partial charge in [0.2, 0.25) is 0 Å². The summed E-state index contributed by atoms with van der Waals surface area (Å²) in [5, 5.41) is 15.9. The quantitative estimate of drug-likeness (QED) is 0.289. The molecule has 2 unspecified atom stereocenters. The summed E-state index contributed by atoms with van der Waals surface area (Å²) in [6.45, 7) is 3.14. The molecule has 0 saturated carbocycles. The van der Waals surface area contributed by atoms with Gasteiger partial charge < -0.3 is 24.8 Å². The summed E-state index contributed by atoms with van der Waals surface area (Å²) >= 11 is 0. The number of para-hydroxylation sites is 1. The van der Waals surface area contributed by atoms with E-state index in [1.165, 1.54) is 0 Å². The molecule has 4 aromatic rings. The molecular weight excluding hydrogens is 490 g/mol. The van der Waals surface area contributed by atoms with Gasteiger partial charge in [-0.15, -0.1) is 0 Å². The van der Waals surface area contributed by atoms with Gasteiger partial charge in [0.25, 0.3) is 0 Å². The maximum atomic E-state index is 13.7. The van der Waals surface area contributed by atoms with Gasteiger partial charge in [0.05, 0.1) is 13.2 Å². The number of esters is 1. The maximum absolute atomic E-state index is 13.7. The molecule has 1 aliphatic rings. The number of anilines is 2. The molecule has 3 aromatic carbocycles. The minimum atomic E-state index is -1.65. The van der Waals surface area contributed by atoms with E-state index < -0.39 is 17.1 Å². The molecule has 1 aliphatic heterocycles. The number of likely N-dealkylation sites (N-methyl/N-ethyl adjacent to an activating group) is 1. The summed E-state index contributed by atoms with van der Waals surface area (Å²) in [5.41, 5.74) is -0.303. The molecule has 0 spiro atoms. The molecule has 0 amide bonds. The van der Waals surface area contributed by atoms with E-state index in [1.54, 1.807) is 13.1 Å². The van der Waals surface area contributed by atoms with E-state index in [1.807, 2.05) is 109 Å². The number of rotatable bonds is 10. The molecule has 0 aliphatic carbocycles. The summed E-state index contributed by atoms with van der Waals surface area (Å²) in [5.74, 6) is 1.10. The molecule has 2 heterocycles. The zero-order valence-electron chi connectivity index (χ0n) is 22.2. The van der Waals surface area contributed by atoms with Crippen LogP contribution in [0.3, 0.4) is 0 Å². The fourth-order valence-electron chi connectivity index (χ4n) is 5.24. The average molecular weight is 524 g/mol. The first-order valence-electron chi connectivity index (χ1n) is 13.1. The number of aliphatic hydroxyl groups is 1. The minimum Gasteiger partial charge on any atom is -0.492 e. The molecule has 2 N–H and O–H groups in total. The van der Waals surface area contributed by atoms with Gasteiger partial charge in [-0.1, -0.05) is 66.7 Å². The third kappa shape index (κ3) is 4.93. The highest BCUT2D eigenvalue weighted by Crippen LogP contribution is 2.52. The van der Waals surface area contributed by atoms with Crippen molar-refractivity contribution >= 4 is 17.5 Å². The Labute approximate surface area is 229 Å². The Bertz CT molecular complexity index is 1400. The Morgan fingerprint density at radius 3 is 2.38 bits per heavy atom. The Balaban J connectivity index is 1.40. The van der Waals surface area contributed by atoms with Crippen LogP contribution in [0.25, 0.3) is 0 Å². The van der Waals surface area contributed by atoms with Crippen LogP contribution < -0.4 is 15.0 Å². The fourth-order valence-corrected chi connectivity index (χ4v) is 5.24. The highest BCUT2D eigenvalue weighted by Gasteiger charge is 2.63. The van der Waals surface area contributed by atoms with Crippen LogP contribution in [0.4, 0.5) is 11.5 Å². The second-order valence-corrected chi connectivity index (χ2v) is 9.65. The van der Waals surface area contributed by atoms with Crippen LogP contribution in [-0.4, -0.2) is 48.4 Å². The van der Waals surface area contributed by atoms with Crippen LogP contribution >= 0.6 is 0 Å². The molecule has 200 valence electrons. The Morgan fingerprint density at radius 2 is 1.67 bits per heavy atom. The molecular formula is C32H33N3O4. The molecule has 7 nitrogen and oxygen atoms in total. The number of carbonyl (C=O) groups is 1. The number of pyridine rings is 1. The van der Waals surface area contributed by atoms with E-state index in [2.05, 4.69) is 10.3 Å². The van der Waals surface area contributed by atoms with Crippen molar-refractivity contribution in [3.8, 4) is 5.75 Å².